The fraction of sp³-hybridized carbons (Fsp3) is 0.579. The molecule has 0 atom stereocenters. The molecule has 1 heterocycles. The van der Waals surface area contributed by atoms with Crippen LogP contribution in [0.25, 0.3) is 0 Å². The molecule has 25 heavy (non-hydrogen) atoms. The summed E-state index contributed by atoms with van der Waals surface area (Å²) in [4.78, 5) is 25.9. The van der Waals surface area contributed by atoms with Crippen molar-refractivity contribution in [3.05, 3.63) is 35.9 Å². The molecule has 0 spiro atoms. The highest BCUT2D eigenvalue weighted by molar-refractivity contribution is 5.74. The molecule has 0 bridgehead atoms. The van der Waals surface area contributed by atoms with Gasteiger partial charge in [0, 0.05) is 25.2 Å². The SMILES string of the molecule is O=C(NC1CCCC1)NC1CCN(C(=O)OCc2ccccc2)CC1. The molecule has 1 saturated heterocycles. The minimum atomic E-state index is -0.280. The number of ether oxygens (including phenoxy) is 1. The van der Waals surface area contributed by atoms with E-state index < -0.39 is 0 Å². The Balaban J connectivity index is 1.34. The van der Waals surface area contributed by atoms with Gasteiger partial charge in [-0.2, -0.15) is 0 Å². The summed E-state index contributed by atoms with van der Waals surface area (Å²) >= 11 is 0. The highest BCUT2D eigenvalue weighted by Crippen LogP contribution is 2.18. The number of carbonyl (C=O) groups is 2. The number of nitrogens with one attached hydrogen (secondary N) is 2. The summed E-state index contributed by atoms with van der Waals surface area (Å²) in [5, 5.41) is 6.08. The first-order valence-corrected chi connectivity index (χ1v) is 9.23. The van der Waals surface area contributed by atoms with Crippen molar-refractivity contribution in [2.24, 2.45) is 0 Å². The summed E-state index contributed by atoms with van der Waals surface area (Å²) < 4.78 is 5.36. The van der Waals surface area contributed by atoms with Gasteiger partial charge in [-0.15, -0.1) is 0 Å². The summed E-state index contributed by atoms with van der Waals surface area (Å²) in [5.41, 5.74) is 0.982. The average Bonchev–Trinajstić information content (AvgIpc) is 3.14. The zero-order valence-corrected chi connectivity index (χ0v) is 14.6. The van der Waals surface area contributed by atoms with Gasteiger partial charge in [0.2, 0.25) is 0 Å². The molecule has 6 nitrogen and oxygen atoms in total. The Morgan fingerprint density at radius 1 is 0.960 bits per heavy atom. The maximum absolute atomic E-state index is 12.1. The third-order valence-corrected chi connectivity index (χ3v) is 4.98. The standard InChI is InChI=1S/C19H27N3O3/c23-18(20-16-8-4-5-9-16)21-17-10-12-22(13-11-17)19(24)25-14-15-6-2-1-3-7-15/h1-3,6-7,16-17H,4-5,8-14H2,(H2,20,21,23). The summed E-state index contributed by atoms with van der Waals surface area (Å²) in [6.07, 6.45) is 5.82. The van der Waals surface area contributed by atoms with Crippen LogP contribution in [0.3, 0.4) is 0 Å². The van der Waals surface area contributed by atoms with E-state index in [1.165, 1.54) is 12.8 Å². The van der Waals surface area contributed by atoms with Crippen molar-refractivity contribution in [3.8, 4) is 0 Å². The number of likely N-dealkylation sites (tertiary alicyclic amines) is 1. The second-order valence-electron chi connectivity index (χ2n) is 6.90. The van der Waals surface area contributed by atoms with Crippen LogP contribution in [0.1, 0.15) is 44.1 Å². The highest BCUT2D eigenvalue weighted by atomic mass is 16.6. The molecule has 1 aliphatic heterocycles. The number of hydrogen-bond acceptors (Lipinski definition) is 3. The van der Waals surface area contributed by atoms with Gasteiger partial charge in [0.15, 0.2) is 0 Å². The Morgan fingerprint density at radius 2 is 1.56 bits per heavy atom. The maximum Gasteiger partial charge on any atom is 0.410 e. The molecule has 2 aliphatic rings. The molecule has 1 aliphatic carbocycles. The smallest absolute Gasteiger partial charge is 0.410 e. The van der Waals surface area contributed by atoms with Gasteiger partial charge in [-0.05, 0) is 31.2 Å². The Labute approximate surface area is 148 Å². The normalized spacial score (nSPS) is 18.8. The first-order chi connectivity index (χ1) is 12.2. The van der Waals surface area contributed by atoms with Crippen molar-refractivity contribution in [1.82, 2.24) is 15.5 Å². The molecular formula is C19H27N3O3. The van der Waals surface area contributed by atoms with E-state index in [1.807, 2.05) is 30.3 Å². The van der Waals surface area contributed by atoms with E-state index in [4.69, 9.17) is 4.74 Å². The van der Waals surface area contributed by atoms with Crippen molar-refractivity contribution >= 4 is 12.1 Å². The lowest BCUT2D eigenvalue weighted by molar-refractivity contribution is 0.0858. The number of amides is 3. The summed E-state index contributed by atoms with van der Waals surface area (Å²) in [7, 11) is 0. The van der Waals surface area contributed by atoms with Crippen molar-refractivity contribution in [2.75, 3.05) is 13.1 Å². The quantitative estimate of drug-likeness (QED) is 0.881. The van der Waals surface area contributed by atoms with Gasteiger partial charge in [-0.1, -0.05) is 43.2 Å². The predicted octanol–water partition coefficient (Wildman–Crippen LogP) is 3.03. The van der Waals surface area contributed by atoms with Gasteiger partial charge in [-0.25, -0.2) is 9.59 Å². The van der Waals surface area contributed by atoms with Gasteiger partial charge in [0.05, 0.1) is 0 Å². The lowest BCUT2D eigenvalue weighted by Gasteiger charge is -2.32. The fourth-order valence-corrected chi connectivity index (χ4v) is 3.50. The van der Waals surface area contributed by atoms with Crippen molar-refractivity contribution in [2.45, 2.75) is 57.2 Å². The van der Waals surface area contributed by atoms with Crippen LogP contribution in [0.2, 0.25) is 0 Å². The van der Waals surface area contributed by atoms with Gasteiger partial charge in [0.25, 0.3) is 0 Å². The van der Waals surface area contributed by atoms with Crippen LogP contribution >= 0.6 is 0 Å². The van der Waals surface area contributed by atoms with Gasteiger partial charge in [-0.3, -0.25) is 0 Å². The number of benzene rings is 1. The minimum Gasteiger partial charge on any atom is -0.445 e. The van der Waals surface area contributed by atoms with Crippen LogP contribution in [0.4, 0.5) is 9.59 Å². The third kappa shape index (κ3) is 5.37. The molecule has 3 amide bonds. The second-order valence-corrected chi connectivity index (χ2v) is 6.90. The van der Waals surface area contributed by atoms with Gasteiger partial charge >= 0.3 is 12.1 Å². The Kier molecular flexibility index (Phi) is 6.14. The van der Waals surface area contributed by atoms with E-state index >= 15 is 0 Å². The second kappa shape index (κ2) is 8.74. The van der Waals surface area contributed by atoms with E-state index in [0.29, 0.717) is 25.7 Å². The van der Waals surface area contributed by atoms with Crippen molar-refractivity contribution < 1.29 is 14.3 Å². The molecule has 1 saturated carbocycles. The number of rotatable bonds is 4. The average molecular weight is 345 g/mol. The molecule has 2 fully saturated rings. The summed E-state index contributed by atoms with van der Waals surface area (Å²) in [6, 6.07) is 10.0. The van der Waals surface area contributed by atoms with Crippen LogP contribution in [-0.2, 0) is 11.3 Å². The molecule has 2 N–H and O–H groups in total. The first-order valence-electron chi connectivity index (χ1n) is 9.23. The van der Waals surface area contributed by atoms with E-state index in [-0.39, 0.29) is 18.2 Å². The maximum atomic E-state index is 12.1. The molecule has 1 aromatic rings. The van der Waals surface area contributed by atoms with Crippen LogP contribution in [-0.4, -0.2) is 42.2 Å². The van der Waals surface area contributed by atoms with Crippen LogP contribution in [0.5, 0.6) is 0 Å². The molecule has 6 heteroatoms. The van der Waals surface area contributed by atoms with Crippen LogP contribution < -0.4 is 10.6 Å². The largest absolute Gasteiger partial charge is 0.445 e. The third-order valence-electron chi connectivity index (χ3n) is 4.98. The first kappa shape index (κ1) is 17.6. The topological polar surface area (TPSA) is 70.7 Å². The van der Waals surface area contributed by atoms with Crippen LogP contribution in [0, 0.1) is 0 Å². The number of hydrogen-bond donors (Lipinski definition) is 2. The van der Waals surface area contributed by atoms with E-state index in [9.17, 15) is 9.59 Å². The van der Waals surface area contributed by atoms with Crippen LogP contribution in [0.15, 0.2) is 30.3 Å². The number of nitrogens with zero attached hydrogens (tertiary/aromatic N) is 1. The van der Waals surface area contributed by atoms with Crippen molar-refractivity contribution in [3.63, 3.8) is 0 Å². The lowest BCUT2D eigenvalue weighted by Crippen LogP contribution is -2.50. The van der Waals surface area contributed by atoms with Crippen molar-refractivity contribution in [1.29, 1.82) is 0 Å². The molecule has 1 aromatic carbocycles. The fourth-order valence-electron chi connectivity index (χ4n) is 3.50. The lowest BCUT2D eigenvalue weighted by atomic mass is 10.1. The molecule has 136 valence electrons. The summed E-state index contributed by atoms with van der Waals surface area (Å²) in [5.74, 6) is 0. The monoisotopic (exact) mass is 345 g/mol. The zero-order valence-electron chi connectivity index (χ0n) is 14.6. The highest BCUT2D eigenvalue weighted by Gasteiger charge is 2.25. The van der Waals surface area contributed by atoms with E-state index in [2.05, 4.69) is 10.6 Å². The predicted molar refractivity (Wildman–Crippen MR) is 95.1 cm³/mol. The Bertz CT molecular complexity index is 565. The molecular weight excluding hydrogens is 318 g/mol. The Morgan fingerprint density at radius 3 is 2.20 bits per heavy atom. The number of piperidine rings is 1. The zero-order chi connectivity index (χ0) is 17.5. The summed E-state index contributed by atoms with van der Waals surface area (Å²) in [6.45, 7) is 1.52. The number of urea groups is 1. The minimum absolute atomic E-state index is 0.0722. The number of carbonyl (C=O) groups excluding carboxylic acids is 2. The van der Waals surface area contributed by atoms with E-state index in [0.717, 1.165) is 31.2 Å². The van der Waals surface area contributed by atoms with Gasteiger partial charge < -0.3 is 20.3 Å². The Hall–Kier alpha value is -2.24. The molecule has 0 unspecified atom stereocenters. The molecule has 3 rings (SSSR count). The van der Waals surface area contributed by atoms with Gasteiger partial charge in [0.1, 0.15) is 6.61 Å². The molecule has 0 aromatic heterocycles. The van der Waals surface area contributed by atoms with E-state index in [1.54, 1.807) is 4.90 Å². The molecule has 0 radical (unpaired) electrons.